The van der Waals surface area contributed by atoms with E-state index in [1.807, 2.05) is 16.7 Å². The van der Waals surface area contributed by atoms with Gasteiger partial charge in [-0.2, -0.15) is 0 Å². The number of hydrogen-bond donors (Lipinski definition) is 11. The SMILES string of the molecule is C/C(CN1CC(S(=O)(=O)NC(=O)Nc2c3c(cc4c2CCC4)CCC3)C1)=N/O.CC(CO)N1CC(S(=O)(=O)NC(=O)Nc2c3c(cc4c2CCC4)CCC3)C1.CN(C(=O)OC(C)(C)C)C(=NC(=O)OC(C)(C)C)N1CC(S(=O)(=O)NC(=O)Nc2c3c(cc4c2CCC4)CCC3)C1.CN=C(N)N1CC(S(=O)(=O)NC(=O)Nc2c3c(cc4c2CCC4)CCC3)C1. The summed E-state index contributed by atoms with van der Waals surface area (Å²) in [4.78, 5) is 91.3. The van der Waals surface area contributed by atoms with Crippen LogP contribution < -0.4 is 45.9 Å². The Bertz CT molecular complexity index is 5260. The molecule has 39 heteroatoms. The lowest BCUT2D eigenvalue weighted by molar-refractivity contribution is 0.0373. The van der Waals surface area contributed by atoms with Crippen LogP contribution in [0.4, 0.5) is 51.5 Å². The van der Waals surface area contributed by atoms with E-state index in [1.165, 1.54) is 89.8 Å². The van der Waals surface area contributed by atoms with Crippen molar-refractivity contribution >= 4 is 117 Å². The summed E-state index contributed by atoms with van der Waals surface area (Å²) in [6, 6.07) is 6.15. The molecule has 1 unspecified atom stereocenters. The Morgan fingerprint density at radius 2 is 0.740 bits per heavy atom. The number of aryl methyl sites for hydroxylation is 8. The quantitative estimate of drug-likeness (QED) is 0.0223. The van der Waals surface area contributed by atoms with Crippen molar-refractivity contribution in [2.45, 2.75) is 248 Å². The van der Waals surface area contributed by atoms with Gasteiger partial charge in [-0.05, 0) is 299 Å². The molecule has 0 spiro atoms. The van der Waals surface area contributed by atoms with Crippen LogP contribution in [0.1, 0.15) is 196 Å². The van der Waals surface area contributed by atoms with E-state index in [9.17, 15) is 62.4 Å². The second kappa shape index (κ2) is 37.0. The van der Waals surface area contributed by atoms with Gasteiger partial charge in [0.05, 0.1) is 12.3 Å². The Labute approximate surface area is 720 Å². The number of ether oxygens (including phenoxy) is 2. The minimum Gasteiger partial charge on any atom is -0.443 e. The Balaban J connectivity index is 0.000000143. The van der Waals surface area contributed by atoms with Gasteiger partial charge in [0.1, 0.15) is 32.2 Å². The van der Waals surface area contributed by atoms with Crippen molar-refractivity contribution < 1.29 is 82.2 Å². The normalized spacial score (nSPS) is 19.1. The van der Waals surface area contributed by atoms with Crippen LogP contribution in [0.25, 0.3) is 0 Å². The van der Waals surface area contributed by atoms with Crippen molar-refractivity contribution in [3.63, 3.8) is 0 Å². The number of likely N-dealkylation sites (tertiary alicyclic amines) is 4. The number of carbonyl (C=O) groups excluding carboxylic acids is 6. The van der Waals surface area contributed by atoms with Gasteiger partial charge in [-0.3, -0.25) is 19.7 Å². The van der Waals surface area contributed by atoms with Gasteiger partial charge in [-0.25, -0.2) is 81.3 Å². The first-order valence-corrected chi connectivity index (χ1v) is 49.0. The Morgan fingerprint density at radius 1 is 0.463 bits per heavy atom. The number of carbonyl (C=O) groups is 6. The van der Waals surface area contributed by atoms with Crippen LogP contribution >= 0.6 is 0 Å². The molecule has 0 bridgehead atoms. The molecule has 4 aromatic carbocycles. The summed E-state index contributed by atoms with van der Waals surface area (Å²) >= 11 is 0. The molecule has 1 atom stereocenters. The third-order valence-corrected chi connectivity index (χ3v) is 31.5. The zero-order chi connectivity index (χ0) is 88.6. The molecule has 12 N–H and O–H groups in total. The molecule has 123 heavy (non-hydrogen) atoms. The van der Waals surface area contributed by atoms with Gasteiger partial charge in [0.25, 0.3) is 0 Å². The summed E-state index contributed by atoms with van der Waals surface area (Å²) in [6.07, 6.45) is 22.1. The topological polar surface area (TPSA) is 473 Å². The maximum atomic E-state index is 13.1. The molecule has 672 valence electrons. The molecule has 4 fully saturated rings. The van der Waals surface area contributed by atoms with Crippen LogP contribution in [0.3, 0.4) is 0 Å². The minimum atomic E-state index is -4.08. The fourth-order valence-electron chi connectivity index (χ4n) is 18.5. The molecule has 4 saturated heterocycles. The molecule has 0 aromatic heterocycles. The summed E-state index contributed by atoms with van der Waals surface area (Å²) in [6.45, 7) is 15.6. The number of rotatable bonds is 16. The zero-order valence-electron chi connectivity index (χ0n) is 72.0. The highest BCUT2D eigenvalue weighted by molar-refractivity contribution is 7.91. The molecule has 35 nitrogen and oxygen atoms in total. The van der Waals surface area contributed by atoms with Crippen LogP contribution in [0.15, 0.2) is 39.4 Å². The van der Waals surface area contributed by atoms with Crippen LogP contribution in [-0.2, 0) is 152 Å². The monoisotopic (exact) mass is 1780 g/mol. The third-order valence-electron chi connectivity index (χ3n) is 24.9. The summed E-state index contributed by atoms with van der Waals surface area (Å²) in [5.74, 6) is 0.195. The molecule has 4 aliphatic heterocycles. The van der Waals surface area contributed by atoms with Gasteiger partial charge in [-0.1, -0.05) is 29.4 Å². The van der Waals surface area contributed by atoms with Crippen LogP contribution in [0.5, 0.6) is 0 Å². The smallest absolute Gasteiger partial charge is 0.437 e. The minimum absolute atomic E-state index is 0.00902. The number of oxime groups is 1. The van der Waals surface area contributed by atoms with E-state index < -0.39 is 109 Å². The second-order valence-electron chi connectivity index (χ2n) is 36.2. The predicted molar refractivity (Wildman–Crippen MR) is 469 cm³/mol. The van der Waals surface area contributed by atoms with E-state index in [4.69, 9.17) is 25.5 Å². The van der Waals surface area contributed by atoms with E-state index in [0.29, 0.717) is 44.4 Å². The number of hydrogen-bond acceptors (Lipinski definition) is 22. The molecule has 4 heterocycles. The third kappa shape index (κ3) is 21.2. The van der Waals surface area contributed by atoms with Gasteiger partial charge < -0.3 is 56.6 Å². The van der Waals surface area contributed by atoms with Gasteiger partial charge in [0.2, 0.25) is 46.1 Å². The van der Waals surface area contributed by atoms with E-state index in [-0.39, 0.29) is 44.8 Å². The van der Waals surface area contributed by atoms with E-state index >= 15 is 0 Å². The lowest BCUT2D eigenvalue weighted by Gasteiger charge is -2.42. The molecule has 12 aliphatic rings. The fraction of sp³-hybridized carbons (Fsp3) is 0.607. The predicted octanol–water partition coefficient (Wildman–Crippen LogP) is 7.53. The number of fused-ring (bicyclic) bond motifs is 8. The number of nitrogens with one attached hydrogen (secondary N) is 8. The van der Waals surface area contributed by atoms with E-state index in [0.717, 1.165) is 193 Å². The van der Waals surface area contributed by atoms with Crippen LogP contribution in [0.2, 0.25) is 0 Å². The van der Waals surface area contributed by atoms with Gasteiger partial charge in [-0.15, -0.1) is 4.99 Å². The number of sulfonamides is 4. The highest BCUT2D eigenvalue weighted by atomic mass is 32.2. The molecule has 0 saturated carbocycles. The largest absolute Gasteiger partial charge is 0.443 e. The second-order valence-corrected chi connectivity index (χ2v) is 44.0. The number of nitrogens with zero attached hydrogens (tertiary/aromatic N) is 8. The first-order valence-electron chi connectivity index (χ1n) is 42.8. The van der Waals surface area contributed by atoms with Gasteiger partial charge in [0, 0.05) is 102 Å². The summed E-state index contributed by atoms with van der Waals surface area (Å²) in [5, 5.41) is 29.5. The van der Waals surface area contributed by atoms with Crippen molar-refractivity contribution in [2.75, 3.05) is 101 Å². The first-order chi connectivity index (χ1) is 58.1. The van der Waals surface area contributed by atoms with Crippen molar-refractivity contribution in [3.8, 4) is 0 Å². The Morgan fingerprint density at radius 3 is 1.01 bits per heavy atom. The van der Waals surface area contributed by atoms with Crippen molar-refractivity contribution in [1.82, 2.24) is 43.4 Å². The average Bonchev–Trinajstić information content (AvgIpc) is 1.75. The lowest BCUT2D eigenvalue weighted by Crippen LogP contribution is -2.63. The Hall–Kier alpha value is -9.41. The average molecular weight is 1780 g/mol. The molecule has 16 rings (SSSR count). The molecular formula is C84H119N17O18S4. The molecule has 4 aromatic rings. The van der Waals surface area contributed by atoms with E-state index in [1.54, 1.807) is 60.4 Å². The number of guanidine groups is 2. The zero-order valence-corrected chi connectivity index (χ0v) is 75.2. The first kappa shape index (κ1) is 91.3. The number of benzene rings is 4. The van der Waals surface area contributed by atoms with Crippen molar-refractivity contribution in [1.29, 1.82) is 0 Å². The summed E-state index contributed by atoms with van der Waals surface area (Å²) in [5.41, 5.74) is 27.2. The summed E-state index contributed by atoms with van der Waals surface area (Å²) in [7, 11) is -12.4. The highest BCUT2D eigenvalue weighted by Gasteiger charge is 2.46. The van der Waals surface area contributed by atoms with Crippen molar-refractivity contribution in [2.24, 2.45) is 20.9 Å². The molecular weight excluding hydrogens is 1660 g/mol. The summed E-state index contributed by atoms with van der Waals surface area (Å²) < 4.78 is 121. The number of nitrogens with two attached hydrogens (primary N) is 1. The van der Waals surface area contributed by atoms with Gasteiger partial charge in [0.15, 0.2) is 5.96 Å². The molecule has 0 radical (unpaired) electrons. The van der Waals surface area contributed by atoms with E-state index in [2.05, 4.69) is 79.6 Å². The number of urea groups is 4. The number of amides is 10. The maximum absolute atomic E-state index is 13.1. The lowest BCUT2D eigenvalue weighted by atomic mass is 9.99. The number of anilines is 4. The number of aliphatic hydroxyl groups excluding tert-OH is 1. The highest BCUT2D eigenvalue weighted by Crippen LogP contribution is 2.43. The number of aliphatic imine (C=N–C) groups is 2. The van der Waals surface area contributed by atoms with Gasteiger partial charge >= 0.3 is 36.3 Å². The fourth-order valence-corrected chi connectivity index (χ4v) is 23.5. The Kier molecular flexibility index (Phi) is 27.5. The standard InChI is InChI=1S/C28H41N5O7S.C19H26N4O4S.C19H27N3O4S.C18H25N5O3S/c1-27(2,3)39-25(35)30-24(32(7)26(36)40-28(4,5)6)33-15-19(16-33)41(37,38)31-23(34)29-22-20-12-8-10-17(20)14-18-11-9-13-21(18)22;1-12(21-25)9-23-10-15(11-23)28(26,27)22-19(24)20-18-16-6-2-4-13(16)8-14-5-3-7-17(14)18;1-12(11-23)22-9-15(10-22)27(25,26)21-19(24)20-18-16-6-2-4-13(16)8-14-5-3-7-17(14)18;1-20-17(19)23-9-13(10-23)27(25,26)22-18(24)21-16-14-6-2-4-11(14)8-12-5-3-7-15(12)16/h14,19H,8-13,15-16H2,1-7H3,(H2,29,31,34);8,15,25H,2-7,9-11H2,1H3,(H2,20,22,24);8,12,15,23H,2-7,9-11H2,1H3,(H2,20,21,24);8,13H,2-7,9-10H2,1H3,(H2,19,20)(H2,21,22,24)/b;21-12-;;. The van der Waals surface area contributed by atoms with Crippen LogP contribution in [0, 0.1) is 0 Å². The van der Waals surface area contributed by atoms with Crippen LogP contribution in [-0.4, -0.2) is 240 Å². The molecule has 10 amide bonds. The number of aliphatic hydroxyl groups is 1. The molecule has 8 aliphatic carbocycles. The maximum Gasteiger partial charge on any atom is 0.437 e. The van der Waals surface area contributed by atoms with Crippen molar-refractivity contribution in [3.05, 3.63) is 113 Å².